The van der Waals surface area contributed by atoms with Crippen LogP contribution in [-0.4, -0.2) is 37.1 Å². The van der Waals surface area contributed by atoms with Gasteiger partial charge in [0.15, 0.2) is 10.9 Å². The first-order valence-corrected chi connectivity index (χ1v) is 8.10. The largest absolute Gasteiger partial charge is 0.383 e. The first-order valence-electron chi connectivity index (χ1n) is 7.29. The number of nitrogens with zero attached hydrogens (tertiary/aromatic N) is 2. The van der Waals surface area contributed by atoms with E-state index < -0.39 is 0 Å². The lowest BCUT2D eigenvalue weighted by Crippen LogP contribution is -2.29. The lowest BCUT2D eigenvalue weighted by atomic mass is 9.78. The smallest absolute Gasteiger partial charge is 0.186 e. The second kappa shape index (κ2) is 5.11. The summed E-state index contributed by atoms with van der Waals surface area (Å²) in [6.45, 7) is 5.87. The van der Waals surface area contributed by atoms with E-state index in [-0.39, 0.29) is 11.2 Å². The number of hydrogen-bond acceptors (Lipinski definition) is 5. The van der Waals surface area contributed by atoms with Crippen LogP contribution in [0.3, 0.4) is 0 Å². The number of Topliss-reactive ketones (excluding diaryl/α,β-unsaturated/α-hetero) is 1. The van der Waals surface area contributed by atoms with Gasteiger partial charge in [-0.05, 0) is 24.7 Å². The van der Waals surface area contributed by atoms with Crippen LogP contribution < -0.4 is 4.90 Å². The Balaban J connectivity index is 1.86. The Morgan fingerprint density at radius 2 is 2.15 bits per heavy atom. The van der Waals surface area contributed by atoms with Crippen LogP contribution in [0.5, 0.6) is 0 Å². The number of carbonyl (C=O) groups excluding carboxylic acids is 1. The van der Waals surface area contributed by atoms with E-state index in [9.17, 15) is 4.79 Å². The monoisotopic (exact) mass is 294 g/mol. The third-order valence-electron chi connectivity index (χ3n) is 3.99. The highest BCUT2D eigenvalue weighted by atomic mass is 32.1. The fraction of sp³-hybridized carbons (Fsp3) is 0.733. The molecule has 4 nitrogen and oxygen atoms in total. The molecule has 2 aliphatic carbocycles. The SMILES string of the molecule is COCCN(c1nc2c(s1)C(=O)CC(C)(C)C2)C1CC1. The van der Waals surface area contributed by atoms with Gasteiger partial charge in [0, 0.05) is 26.1 Å². The van der Waals surface area contributed by atoms with Crippen LogP contribution in [0.4, 0.5) is 5.13 Å². The first-order chi connectivity index (χ1) is 9.50. The summed E-state index contributed by atoms with van der Waals surface area (Å²) in [7, 11) is 1.73. The van der Waals surface area contributed by atoms with Crippen molar-refractivity contribution >= 4 is 22.3 Å². The molecule has 0 amide bonds. The zero-order chi connectivity index (χ0) is 14.3. The van der Waals surface area contributed by atoms with Crippen molar-refractivity contribution in [3.63, 3.8) is 0 Å². The second-order valence-electron chi connectivity index (χ2n) is 6.63. The van der Waals surface area contributed by atoms with Crippen molar-refractivity contribution in [3.05, 3.63) is 10.6 Å². The maximum absolute atomic E-state index is 12.3. The number of fused-ring (bicyclic) bond motifs is 1. The molecule has 1 fully saturated rings. The van der Waals surface area contributed by atoms with Gasteiger partial charge in [0.1, 0.15) is 0 Å². The van der Waals surface area contributed by atoms with Crippen LogP contribution in [-0.2, 0) is 11.2 Å². The number of aromatic nitrogens is 1. The number of methoxy groups -OCH3 is 1. The standard InChI is InChI=1S/C15H22N2O2S/c1-15(2)8-11-13(12(18)9-15)20-14(16-11)17(6-7-19-3)10-4-5-10/h10H,4-9H2,1-3H3. The average molecular weight is 294 g/mol. The molecule has 0 aliphatic heterocycles. The molecule has 0 saturated heterocycles. The average Bonchev–Trinajstić information content (AvgIpc) is 3.09. The van der Waals surface area contributed by atoms with Gasteiger partial charge in [-0.1, -0.05) is 25.2 Å². The molecule has 2 aliphatic rings. The summed E-state index contributed by atoms with van der Waals surface area (Å²) in [5.74, 6) is 0.266. The summed E-state index contributed by atoms with van der Waals surface area (Å²) < 4.78 is 5.20. The van der Waals surface area contributed by atoms with Crippen LogP contribution in [0.15, 0.2) is 0 Å². The Kier molecular flexibility index (Phi) is 3.58. The number of carbonyl (C=O) groups is 1. The molecule has 1 saturated carbocycles. The lowest BCUT2D eigenvalue weighted by Gasteiger charge is -2.26. The topological polar surface area (TPSA) is 42.4 Å². The number of ether oxygens (including phenoxy) is 1. The Morgan fingerprint density at radius 3 is 2.80 bits per heavy atom. The zero-order valence-electron chi connectivity index (χ0n) is 12.4. The maximum atomic E-state index is 12.3. The van der Waals surface area contributed by atoms with Gasteiger partial charge in [0.2, 0.25) is 0 Å². The quantitative estimate of drug-likeness (QED) is 0.837. The van der Waals surface area contributed by atoms with Gasteiger partial charge in [-0.15, -0.1) is 0 Å². The molecule has 110 valence electrons. The molecule has 0 aromatic carbocycles. The van der Waals surface area contributed by atoms with E-state index >= 15 is 0 Å². The van der Waals surface area contributed by atoms with Crippen molar-refractivity contribution in [2.75, 3.05) is 25.2 Å². The van der Waals surface area contributed by atoms with Crippen molar-refractivity contribution in [2.45, 2.75) is 45.6 Å². The number of ketones is 1. The van der Waals surface area contributed by atoms with E-state index in [2.05, 4.69) is 18.7 Å². The summed E-state index contributed by atoms with van der Waals surface area (Å²) >= 11 is 1.58. The van der Waals surface area contributed by atoms with Gasteiger partial charge in [-0.2, -0.15) is 0 Å². The molecule has 0 atom stereocenters. The summed E-state index contributed by atoms with van der Waals surface area (Å²) in [6.07, 6.45) is 4.01. The van der Waals surface area contributed by atoms with E-state index in [4.69, 9.17) is 9.72 Å². The minimum Gasteiger partial charge on any atom is -0.383 e. The zero-order valence-corrected chi connectivity index (χ0v) is 13.3. The third-order valence-corrected chi connectivity index (χ3v) is 5.17. The Bertz CT molecular complexity index is 520. The normalized spacial score (nSPS) is 20.9. The molecule has 1 aromatic heterocycles. The van der Waals surface area contributed by atoms with Crippen LogP contribution in [0.2, 0.25) is 0 Å². The number of hydrogen-bond donors (Lipinski definition) is 0. The number of anilines is 1. The van der Waals surface area contributed by atoms with Crippen molar-refractivity contribution in [1.82, 2.24) is 4.98 Å². The number of thiazole rings is 1. The van der Waals surface area contributed by atoms with Crippen molar-refractivity contribution in [1.29, 1.82) is 0 Å². The maximum Gasteiger partial charge on any atom is 0.186 e. The minimum atomic E-state index is 0.0480. The predicted molar refractivity (Wildman–Crippen MR) is 80.8 cm³/mol. The highest BCUT2D eigenvalue weighted by Gasteiger charge is 2.36. The van der Waals surface area contributed by atoms with E-state index in [1.165, 1.54) is 12.8 Å². The lowest BCUT2D eigenvalue weighted by molar-refractivity contribution is 0.0916. The Morgan fingerprint density at radius 1 is 1.40 bits per heavy atom. The third kappa shape index (κ3) is 2.74. The fourth-order valence-electron chi connectivity index (χ4n) is 2.84. The van der Waals surface area contributed by atoms with Crippen LogP contribution >= 0.6 is 11.3 Å². The summed E-state index contributed by atoms with van der Waals surface area (Å²) in [6, 6.07) is 0.598. The molecular weight excluding hydrogens is 272 g/mol. The molecular formula is C15H22N2O2S. The summed E-state index contributed by atoms with van der Waals surface area (Å²) in [5.41, 5.74) is 1.06. The molecule has 0 bridgehead atoms. The predicted octanol–water partition coefficient (Wildman–Crippen LogP) is 2.91. The van der Waals surface area contributed by atoms with Gasteiger partial charge < -0.3 is 9.64 Å². The van der Waals surface area contributed by atoms with Crippen LogP contribution in [0, 0.1) is 5.41 Å². The Labute approximate surface area is 124 Å². The van der Waals surface area contributed by atoms with E-state index in [0.717, 1.165) is 28.7 Å². The van der Waals surface area contributed by atoms with Gasteiger partial charge in [0.05, 0.1) is 17.2 Å². The summed E-state index contributed by atoms with van der Waals surface area (Å²) in [4.78, 5) is 20.3. The van der Waals surface area contributed by atoms with Crippen molar-refractivity contribution in [2.24, 2.45) is 5.41 Å². The molecule has 20 heavy (non-hydrogen) atoms. The molecule has 0 radical (unpaired) electrons. The van der Waals surface area contributed by atoms with Crippen molar-refractivity contribution < 1.29 is 9.53 Å². The first kappa shape index (κ1) is 14.0. The van der Waals surface area contributed by atoms with Gasteiger partial charge in [-0.25, -0.2) is 4.98 Å². The van der Waals surface area contributed by atoms with Crippen molar-refractivity contribution in [3.8, 4) is 0 Å². The van der Waals surface area contributed by atoms with E-state index in [1.54, 1.807) is 18.4 Å². The molecule has 1 aromatic rings. The highest BCUT2D eigenvalue weighted by molar-refractivity contribution is 7.17. The molecule has 5 heteroatoms. The van der Waals surface area contributed by atoms with E-state index in [1.807, 2.05) is 0 Å². The van der Waals surface area contributed by atoms with Crippen LogP contribution in [0.25, 0.3) is 0 Å². The second-order valence-corrected chi connectivity index (χ2v) is 7.61. The molecule has 0 N–H and O–H groups in total. The highest BCUT2D eigenvalue weighted by Crippen LogP contribution is 2.41. The Hall–Kier alpha value is -0.940. The van der Waals surface area contributed by atoms with E-state index in [0.29, 0.717) is 19.1 Å². The molecule has 0 unspecified atom stereocenters. The van der Waals surface area contributed by atoms with Crippen LogP contribution in [0.1, 0.15) is 48.5 Å². The number of rotatable bonds is 5. The summed E-state index contributed by atoms with van der Waals surface area (Å²) in [5, 5.41) is 1.01. The molecule has 0 spiro atoms. The molecule has 1 heterocycles. The molecule has 3 rings (SSSR count). The van der Waals surface area contributed by atoms with Gasteiger partial charge >= 0.3 is 0 Å². The van der Waals surface area contributed by atoms with Gasteiger partial charge in [-0.3, -0.25) is 4.79 Å². The van der Waals surface area contributed by atoms with Gasteiger partial charge in [0.25, 0.3) is 0 Å². The fourth-order valence-corrected chi connectivity index (χ4v) is 3.96. The minimum absolute atomic E-state index is 0.0480.